The number of aromatic hydroxyl groups is 2. The van der Waals surface area contributed by atoms with E-state index in [1.54, 1.807) is 35.8 Å². The molecule has 0 amide bonds. The van der Waals surface area contributed by atoms with Crippen LogP contribution in [-0.4, -0.2) is 85.8 Å². The summed E-state index contributed by atoms with van der Waals surface area (Å²) in [6, 6.07) is 8.96. The molecule has 0 aromatic heterocycles. The smallest absolute Gasteiger partial charge is 0.323 e. The van der Waals surface area contributed by atoms with Gasteiger partial charge in [0.25, 0.3) is 0 Å². The van der Waals surface area contributed by atoms with E-state index < -0.39 is 24.0 Å². The van der Waals surface area contributed by atoms with Gasteiger partial charge in [0.1, 0.15) is 30.3 Å². The highest BCUT2D eigenvalue weighted by atomic mass is 16.4. The number of likely N-dealkylation sites (N-methyl/N-ethyl adjacent to an activating group) is 2. The normalized spacial score (nSPS) is 16.3. The summed E-state index contributed by atoms with van der Waals surface area (Å²) in [5.74, 6) is -3.60. The van der Waals surface area contributed by atoms with Crippen molar-refractivity contribution in [2.75, 3.05) is 36.0 Å². The highest BCUT2D eigenvalue weighted by Gasteiger charge is 2.43. The fourth-order valence-electron chi connectivity index (χ4n) is 4.19. The standard InChI is InChI=1S/C24H28N2O8.2H2O/c1-3-25(11-19(29)30)13-5-7-15(17(27)9-13)21-23(33)22(24(21)34)16-8-6-14(10-18(16)28)26(4-2)12-20(31)32;;/h5-10,21,23,27-28,33-34H,3-4,11-12H2,1-2H3,(H,29,30)(H,31,32);2*1H2. The summed E-state index contributed by atoms with van der Waals surface area (Å²) in [6.07, 6.45) is -1.21. The van der Waals surface area contributed by atoms with Crippen molar-refractivity contribution >= 4 is 28.9 Å². The van der Waals surface area contributed by atoms with Crippen molar-refractivity contribution in [2.45, 2.75) is 25.9 Å². The van der Waals surface area contributed by atoms with E-state index in [0.29, 0.717) is 24.5 Å². The number of phenols is 2. The van der Waals surface area contributed by atoms with E-state index in [0.717, 1.165) is 0 Å². The van der Waals surface area contributed by atoms with Crippen LogP contribution < -0.4 is 9.80 Å². The van der Waals surface area contributed by atoms with E-state index in [-0.39, 0.29) is 58.0 Å². The number of aliphatic hydroxyl groups is 2. The molecule has 12 heteroatoms. The number of hydrogen-bond donors (Lipinski definition) is 6. The van der Waals surface area contributed by atoms with Gasteiger partial charge in [0.15, 0.2) is 0 Å². The Kier molecular flexibility index (Phi) is 10.1. The van der Waals surface area contributed by atoms with Crippen molar-refractivity contribution in [2.24, 2.45) is 0 Å². The highest BCUT2D eigenvalue weighted by Crippen LogP contribution is 2.50. The molecule has 2 aromatic carbocycles. The average molecular weight is 509 g/mol. The number of hydrogen-bond acceptors (Lipinski definition) is 8. The lowest BCUT2D eigenvalue weighted by atomic mass is 9.73. The first kappa shape index (κ1) is 30.0. The fraction of sp³-hybridized carbons (Fsp3) is 0.333. The molecule has 0 aliphatic heterocycles. The Morgan fingerprint density at radius 2 is 1.28 bits per heavy atom. The van der Waals surface area contributed by atoms with Gasteiger partial charge in [-0.2, -0.15) is 0 Å². The zero-order valence-corrected chi connectivity index (χ0v) is 19.8. The molecule has 0 bridgehead atoms. The van der Waals surface area contributed by atoms with Crippen LogP contribution in [0, 0.1) is 0 Å². The predicted octanol–water partition coefficient (Wildman–Crippen LogP) is 0.698. The summed E-state index contributed by atoms with van der Waals surface area (Å²) in [6.45, 7) is 3.88. The molecule has 0 radical (unpaired) electrons. The third kappa shape index (κ3) is 5.79. The van der Waals surface area contributed by atoms with Crippen molar-refractivity contribution < 1.29 is 51.2 Å². The summed E-state index contributed by atoms with van der Waals surface area (Å²) in [7, 11) is 0. The molecule has 2 aromatic rings. The summed E-state index contributed by atoms with van der Waals surface area (Å²) >= 11 is 0. The van der Waals surface area contributed by atoms with Gasteiger partial charge in [0.05, 0.1) is 12.0 Å². The fourth-order valence-corrected chi connectivity index (χ4v) is 4.19. The van der Waals surface area contributed by atoms with Crippen LogP contribution >= 0.6 is 0 Å². The molecule has 198 valence electrons. The lowest BCUT2D eigenvalue weighted by molar-refractivity contribution is -0.136. The van der Waals surface area contributed by atoms with E-state index in [2.05, 4.69) is 0 Å². The van der Waals surface area contributed by atoms with Crippen LogP contribution in [0.2, 0.25) is 0 Å². The molecule has 10 N–H and O–H groups in total. The van der Waals surface area contributed by atoms with Crippen LogP contribution in [0.15, 0.2) is 42.2 Å². The van der Waals surface area contributed by atoms with E-state index in [1.807, 2.05) is 0 Å². The number of anilines is 2. The van der Waals surface area contributed by atoms with Crippen LogP contribution in [0.1, 0.15) is 30.9 Å². The Morgan fingerprint density at radius 1 is 0.806 bits per heavy atom. The number of carbonyl (C=O) groups is 2. The van der Waals surface area contributed by atoms with Crippen LogP contribution in [0.4, 0.5) is 11.4 Å². The summed E-state index contributed by atoms with van der Waals surface area (Å²) in [4.78, 5) is 25.2. The zero-order valence-electron chi connectivity index (χ0n) is 19.8. The maximum Gasteiger partial charge on any atom is 0.323 e. The molecule has 1 aliphatic rings. The Morgan fingerprint density at radius 3 is 1.67 bits per heavy atom. The van der Waals surface area contributed by atoms with Gasteiger partial charge in [0, 0.05) is 53.3 Å². The van der Waals surface area contributed by atoms with Gasteiger partial charge in [-0.15, -0.1) is 0 Å². The molecular formula is C24H32N2O10. The van der Waals surface area contributed by atoms with Gasteiger partial charge in [-0.05, 0) is 32.0 Å². The van der Waals surface area contributed by atoms with E-state index in [9.17, 15) is 30.0 Å². The molecular weight excluding hydrogens is 476 g/mol. The third-order valence-corrected chi connectivity index (χ3v) is 5.95. The highest BCUT2D eigenvalue weighted by molar-refractivity contribution is 5.84. The second-order valence-corrected chi connectivity index (χ2v) is 7.98. The predicted molar refractivity (Wildman–Crippen MR) is 133 cm³/mol. The van der Waals surface area contributed by atoms with Crippen LogP contribution in [0.5, 0.6) is 11.5 Å². The lowest BCUT2D eigenvalue weighted by Gasteiger charge is -2.36. The molecule has 0 saturated carbocycles. The van der Waals surface area contributed by atoms with Crippen molar-refractivity contribution in [3.8, 4) is 11.5 Å². The first-order chi connectivity index (χ1) is 16.1. The molecule has 36 heavy (non-hydrogen) atoms. The van der Waals surface area contributed by atoms with Gasteiger partial charge < -0.3 is 51.4 Å². The molecule has 0 heterocycles. The van der Waals surface area contributed by atoms with E-state index in [4.69, 9.17) is 10.2 Å². The molecule has 0 saturated heterocycles. The van der Waals surface area contributed by atoms with Crippen molar-refractivity contribution in [3.05, 3.63) is 53.3 Å². The Balaban J connectivity index is 0.00000324. The molecule has 2 atom stereocenters. The monoisotopic (exact) mass is 508 g/mol. The van der Waals surface area contributed by atoms with Gasteiger partial charge in [-0.3, -0.25) is 9.59 Å². The molecule has 2 unspecified atom stereocenters. The minimum Gasteiger partial charge on any atom is -0.511 e. The summed E-state index contributed by atoms with van der Waals surface area (Å²) < 4.78 is 0. The second-order valence-electron chi connectivity index (χ2n) is 7.98. The Hall–Kier alpha value is -4.00. The third-order valence-electron chi connectivity index (χ3n) is 5.95. The maximum absolute atomic E-state index is 11.0. The van der Waals surface area contributed by atoms with E-state index >= 15 is 0 Å². The molecule has 0 fully saturated rings. The Labute approximate surface area is 207 Å². The van der Waals surface area contributed by atoms with Crippen LogP contribution in [-0.2, 0) is 9.59 Å². The van der Waals surface area contributed by atoms with Crippen LogP contribution in [0.3, 0.4) is 0 Å². The van der Waals surface area contributed by atoms with Gasteiger partial charge in [-0.25, -0.2) is 0 Å². The van der Waals surface area contributed by atoms with Crippen LogP contribution in [0.25, 0.3) is 5.57 Å². The van der Waals surface area contributed by atoms with Crippen molar-refractivity contribution in [1.29, 1.82) is 0 Å². The number of rotatable bonds is 10. The quantitative estimate of drug-likeness (QED) is 0.263. The van der Waals surface area contributed by atoms with Gasteiger partial charge in [0.2, 0.25) is 0 Å². The molecule has 1 aliphatic carbocycles. The summed E-state index contributed by atoms with van der Waals surface area (Å²) in [5, 5.41) is 60.6. The lowest BCUT2D eigenvalue weighted by Crippen LogP contribution is -2.33. The number of aliphatic hydroxyl groups excluding tert-OH is 2. The number of nitrogens with zero attached hydrogens (tertiary/aromatic N) is 2. The topological polar surface area (TPSA) is 225 Å². The van der Waals surface area contributed by atoms with Crippen molar-refractivity contribution in [1.82, 2.24) is 0 Å². The SMILES string of the molecule is CCN(CC(=O)O)c1ccc(C2=C(O)C(c3ccc(N(CC)CC(=O)O)cc3O)C2O)c(O)c1.O.O. The number of carboxylic acids is 2. The Bertz CT molecular complexity index is 1130. The molecule has 3 rings (SSSR count). The average Bonchev–Trinajstić information content (AvgIpc) is 2.78. The van der Waals surface area contributed by atoms with Gasteiger partial charge in [-0.1, -0.05) is 6.07 Å². The summed E-state index contributed by atoms with van der Waals surface area (Å²) in [5.41, 5.74) is 1.54. The number of carboxylic acid groups (broad SMARTS) is 2. The van der Waals surface area contributed by atoms with E-state index in [1.165, 1.54) is 24.3 Å². The van der Waals surface area contributed by atoms with Gasteiger partial charge >= 0.3 is 11.9 Å². The second kappa shape index (κ2) is 12.1. The first-order valence-corrected chi connectivity index (χ1v) is 10.8. The number of aliphatic carboxylic acids is 2. The molecule has 12 nitrogen and oxygen atoms in total. The number of phenolic OH excluding ortho intramolecular Hbond substituents is 2. The zero-order chi connectivity index (χ0) is 25.2. The largest absolute Gasteiger partial charge is 0.511 e. The first-order valence-electron chi connectivity index (χ1n) is 10.8. The minimum absolute atomic E-state index is 0. The molecule has 0 spiro atoms. The maximum atomic E-state index is 11.0. The van der Waals surface area contributed by atoms with Crippen molar-refractivity contribution in [3.63, 3.8) is 0 Å². The minimum atomic E-state index is -1.21. The number of benzene rings is 2.